The highest BCUT2D eigenvalue weighted by molar-refractivity contribution is 5.98. The molecule has 0 atom stereocenters. The molecule has 2 N–H and O–H groups in total. The first-order chi connectivity index (χ1) is 9.15. The van der Waals surface area contributed by atoms with Crippen molar-refractivity contribution in [3.8, 4) is 5.75 Å². The fraction of sp³-hybridized carbons (Fsp3) is 0.286. The normalized spacial score (nSPS) is 10.5. The van der Waals surface area contributed by atoms with Crippen LogP contribution in [0.2, 0.25) is 0 Å². The molecule has 0 radical (unpaired) electrons. The van der Waals surface area contributed by atoms with Crippen LogP contribution in [0.1, 0.15) is 21.6 Å². The predicted molar refractivity (Wildman–Crippen MR) is 72.4 cm³/mol. The van der Waals surface area contributed by atoms with Crippen molar-refractivity contribution in [1.29, 1.82) is 0 Å². The number of nitrogens with zero attached hydrogens (tertiary/aromatic N) is 2. The van der Waals surface area contributed by atoms with Gasteiger partial charge < -0.3 is 10.5 Å². The van der Waals surface area contributed by atoms with Crippen LogP contribution in [0.5, 0.6) is 5.75 Å². The third-order valence-corrected chi connectivity index (χ3v) is 2.86. The maximum Gasteiger partial charge on any atom is 0.266 e. The van der Waals surface area contributed by atoms with Crippen LogP contribution in [0.4, 0.5) is 0 Å². The van der Waals surface area contributed by atoms with Gasteiger partial charge in [-0.1, -0.05) is 11.6 Å². The van der Waals surface area contributed by atoms with E-state index < -0.39 is 0 Å². The largest absolute Gasteiger partial charge is 0.496 e. The standard InChI is InChI=1S/C14H17N3O2/c1-10-3-4-13(19-2)12(7-10)14(18)17-8-11(5-6-15)16-9-17/h3-4,7-9H,5-6,15H2,1-2H3. The van der Waals surface area contributed by atoms with Gasteiger partial charge in [0, 0.05) is 12.6 Å². The molecule has 0 amide bonds. The summed E-state index contributed by atoms with van der Waals surface area (Å²) in [6, 6.07) is 5.51. The average molecular weight is 259 g/mol. The van der Waals surface area contributed by atoms with Crippen LogP contribution >= 0.6 is 0 Å². The van der Waals surface area contributed by atoms with Crippen molar-refractivity contribution in [3.63, 3.8) is 0 Å². The van der Waals surface area contributed by atoms with Crippen LogP contribution in [0.25, 0.3) is 0 Å². The molecule has 0 aliphatic rings. The summed E-state index contributed by atoms with van der Waals surface area (Å²) < 4.78 is 6.68. The van der Waals surface area contributed by atoms with Gasteiger partial charge in [-0.3, -0.25) is 9.36 Å². The SMILES string of the molecule is COc1ccc(C)cc1C(=O)n1cnc(CCN)c1. The Kier molecular flexibility index (Phi) is 3.97. The van der Waals surface area contributed by atoms with E-state index in [0.29, 0.717) is 24.3 Å². The Balaban J connectivity index is 2.34. The van der Waals surface area contributed by atoms with Crippen LogP contribution in [0.15, 0.2) is 30.7 Å². The number of nitrogens with two attached hydrogens (primary N) is 1. The molecular formula is C14H17N3O2. The maximum absolute atomic E-state index is 12.4. The molecule has 1 heterocycles. The highest BCUT2D eigenvalue weighted by Gasteiger charge is 2.15. The molecule has 100 valence electrons. The Labute approximate surface area is 112 Å². The van der Waals surface area contributed by atoms with E-state index in [1.54, 1.807) is 19.4 Å². The fourth-order valence-electron chi connectivity index (χ4n) is 1.88. The number of hydrogen-bond donors (Lipinski definition) is 1. The molecule has 0 bridgehead atoms. The number of carbonyl (C=O) groups is 1. The van der Waals surface area contributed by atoms with E-state index >= 15 is 0 Å². The lowest BCUT2D eigenvalue weighted by Gasteiger charge is -2.08. The highest BCUT2D eigenvalue weighted by Crippen LogP contribution is 2.20. The molecule has 5 nitrogen and oxygen atoms in total. The van der Waals surface area contributed by atoms with Gasteiger partial charge in [0.25, 0.3) is 5.91 Å². The highest BCUT2D eigenvalue weighted by atomic mass is 16.5. The predicted octanol–water partition coefficient (Wildman–Crippen LogP) is 1.39. The van der Waals surface area contributed by atoms with Crippen LogP contribution in [0, 0.1) is 6.92 Å². The number of hydrogen-bond acceptors (Lipinski definition) is 4. The molecule has 1 aromatic carbocycles. The second-order valence-corrected chi connectivity index (χ2v) is 4.32. The molecule has 2 rings (SSSR count). The summed E-state index contributed by atoms with van der Waals surface area (Å²) >= 11 is 0. The van der Waals surface area contributed by atoms with E-state index in [1.165, 1.54) is 10.9 Å². The van der Waals surface area contributed by atoms with Gasteiger partial charge in [-0.05, 0) is 25.6 Å². The Hall–Kier alpha value is -2.14. The van der Waals surface area contributed by atoms with Crippen molar-refractivity contribution >= 4 is 5.91 Å². The van der Waals surface area contributed by atoms with Gasteiger partial charge >= 0.3 is 0 Å². The van der Waals surface area contributed by atoms with Crippen LogP contribution in [-0.4, -0.2) is 29.1 Å². The molecular weight excluding hydrogens is 242 g/mol. The zero-order valence-electron chi connectivity index (χ0n) is 11.1. The van der Waals surface area contributed by atoms with Crippen molar-refractivity contribution in [2.45, 2.75) is 13.3 Å². The first-order valence-electron chi connectivity index (χ1n) is 6.08. The van der Waals surface area contributed by atoms with E-state index in [9.17, 15) is 4.79 Å². The number of ether oxygens (including phenoxy) is 1. The number of aryl methyl sites for hydroxylation is 1. The summed E-state index contributed by atoms with van der Waals surface area (Å²) in [6.07, 6.45) is 3.87. The lowest BCUT2D eigenvalue weighted by atomic mass is 10.1. The van der Waals surface area contributed by atoms with Gasteiger partial charge in [-0.15, -0.1) is 0 Å². The first kappa shape index (κ1) is 13.3. The van der Waals surface area contributed by atoms with Gasteiger partial charge in [-0.2, -0.15) is 0 Å². The summed E-state index contributed by atoms with van der Waals surface area (Å²) in [5.74, 6) is 0.404. The molecule has 1 aromatic heterocycles. The number of benzene rings is 1. The summed E-state index contributed by atoms with van der Waals surface area (Å²) in [6.45, 7) is 2.45. The van der Waals surface area contributed by atoms with E-state index in [4.69, 9.17) is 10.5 Å². The number of rotatable bonds is 4. The second kappa shape index (κ2) is 5.67. The average Bonchev–Trinajstić information content (AvgIpc) is 2.87. The van der Waals surface area contributed by atoms with Gasteiger partial charge in [0.05, 0.1) is 18.4 Å². The van der Waals surface area contributed by atoms with Crippen molar-refractivity contribution in [3.05, 3.63) is 47.5 Å². The maximum atomic E-state index is 12.4. The molecule has 2 aromatic rings. The Morgan fingerprint density at radius 1 is 1.47 bits per heavy atom. The van der Waals surface area contributed by atoms with Crippen molar-refractivity contribution in [2.75, 3.05) is 13.7 Å². The van der Waals surface area contributed by atoms with Crippen molar-refractivity contribution in [2.24, 2.45) is 5.73 Å². The third kappa shape index (κ3) is 2.82. The minimum Gasteiger partial charge on any atom is -0.496 e. The molecule has 0 saturated heterocycles. The van der Waals surface area contributed by atoms with Crippen LogP contribution in [0.3, 0.4) is 0 Å². The monoisotopic (exact) mass is 259 g/mol. The lowest BCUT2D eigenvalue weighted by Crippen LogP contribution is -2.11. The van der Waals surface area contributed by atoms with Gasteiger partial charge in [0.15, 0.2) is 0 Å². The molecule has 0 saturated carbocycles. The third-order valence-electron chi connectivity index (χ3n) is 2.86. The van der Waals surface area contributed by atoms with E-state index in [0.717, 1.165) is 11.3 Å². The molecule has 0 aliphatic heterocycles. The summed E-state index contributed by atoms with van der Waals surface area (Å²) in [4.78, 5) is 16.6. The number of imidazole rings is 1. The van der Waals surface area contributed by atoms with Gasteiger partial charge in [0.1, 0.15) is 12.1 Å². The molecule has 19 heavy (non-hydrogen) atoms. The minimum atomic E-state index is -0.156. The Morgan fingerprint density at radius 3 is 2.95 bits per heavy atom. The topological polar surface area (TPSA) is 70.1 Å². The van der Waals surface area contributed by atoms with E-state index in [-0.39, 0.29) is 5.91 Å². The van der Waals surface area contributed by atoms with Crippen LogP contribution in [-0.2, 0) is 6.42 Å². The van der Waals surface area contributed by atoms with E-state index in [2.05, 4.69) is 4.98 Å². The number of carbonyl (C=O) groups excluding carboxylic acids is 1. The Morgan fingerprint density at radius 2 is 2.26 bits per heavy atom. The lowest BCUT2D eigenvalue weighted by molar-refractivity contribution is 0.0956. The molecule has 0 unspecified atom stereocenters. The summed E-state index contributed by atoms with van der Waals surface area (Å²) in [7, 11) is 1.55. The molecule has 0 fully saturated rings. The zero-order chi connectivity index (χ0) is 13.8. The zero-order valence-corrected chi connectivity index (χ0v) is 11.1. The number of methoxy groups -OCH3 is 1. The smallest absolute Gasteiger partial charge is 0.266 e. The molecule has 0 aliphatic carbocycles. The quantitative estimate of drug-likeness (QED) is 0.900. The van der Waals surface area contributed by atoms with E-state index in [1.807, 2.05) is 19.1 Å². The Bertz CT molecular complexity index is 590. The van der Waals surface area contributed by atoms with Crippen molar-refractivity contribution < 1.29 is 9.53 Å². The summed E-state index contributed by atoms with van der Waals surface area (Å²) in [5, 5.41) is 0. The fourth-order valence-corrected chi connectivity index (χ4v) is 1.88. The second-order valence-electron chi connectivity index (χ2n) is 4.32. The van der Waals surface area contributed by atoms with Crippen molar-refractivity contribution in [1.82, 2.24) is 9.55 Å². The molecule has 0 spiro atoms. The minimum absolute atomic E-state index is 0.156. The number of aromatic nitrogens is 2. The van der Waals surface area contributed by atoms with Gasteiger partial charge in [-0.25, -0.2) is 4.98 Å². The molecule has 5 heteroatoms. The van der Waals surface area contributed by atoms with Crippen LogP contribution < -0.4 is 10.5 Å². The van der Waals surface area contributed by atoms with Gasteiger partial charge in [0.2, 0.25) is 0 Å². The first-order valence-corrected chi connectivity index (χ1v) is 6.08. The summed E-state index contributed by atoms with van der Waals surface area (Å²) in [5.41, 5.74) is 7.81.